The molecule has 0 unspecified atom stereocenters. The van der Waals surface area contributed by atoms with Gasteiger partial charge < -0.3 is 4.42 Å². The van der Waals surface area contributed by atoms with Crippen LogP contribution in [0.15, 0.2) is 71.3 Å². The molecule has 3 heterocycles. The van der Waals surface area contributed by atoms with Gasteiger partial charge in [0.2, 0.25) is 11.4 Å². The Kier molecular flexibility index (Phi) is 5.15. The summed E-state index contributed by atoms with van der Waals surface area (Å²) in [7, 11) is 2.10. The number of hydrogen-bond acceptors (Lipinski definition) is 2. The molecule has 0 radical (unpaired) electrons. The van der Waals surface area contributed by atoms with Gasteiger partial charge in [-0.05, 0) is 66.5 Å². The topological polar surface area (TPSA) is 29.9 Å². The highest BCUT2D eigenvalue weighted by Crippen LogP contribution is 2.41. The summed E-state index contributed by atoms with van der Waals surface area (Å²) >= 11 is 0. The van der Waals surface area contributed by atoms with Gasteiger partial charge in [-0.2, -0.15) is 0 Å². The summed E-state index contributed by atoms with van der Waals surface area (Å²) in [5.41, 5.74) is 9.41. The lowest BCUT2D eigenvalue weighted by Crippen LogP contribution is -2.31. The summed E-state index contributed by atoms with van der Waals surface area (Å²) in [6, 6.07) is 21.8. The molecule has 5 aromatic rings. The number of aromatic nitrogens is 2. The van der Waals surface area contributed by atoms with Gasteiger partial charge in [0.15, 0.2) is 11.8 Å². The van der Waals surface area contributed by atoms with Gasteiger partial charge in [-0.3, -0.25) is 0 Å². The first-order chi connectivity index (χ1) is 17.3. The second-order valence-electron chi connectivity index (χ2n) is 10.3. The Hall–Kier alpha value is -3.46. The first kappa shape index (κ1) is 20.9. The molecule has 35 heavy (non-hydrogen) atoms. The highest BCUT2D eigenvalue weighted by Gasteiger charge is 2.25. The summed E-state index contributed by atoms with van der Waals surface area (Å²) in [5, 5.41) is 2.04. The summed E-state index contributed by atoms with van der Waals surface area (Å²) in [6.45, 7) is 5.86. The van der Waals surface area contributed by atoms with Gasteiger partial charge in [0.25, 0.3) is 0 Å². The average molecular weight is 463 g/mol. The maximum absolute atomic E-state index is 8.41. The zero-order valence-corrected chi connectivity index (χ0v) is 21.1. The average Bonchev–Trinajstić information content (AvgIpc) is 3.52. The summed E-state index contributed by atoms with van der Waals surface area (Å²) < 4.78 is 17.1. The molecule has 0 aliphatic heterocycles. The van der Waals surface area contributed by atoms with Crippen LogP contribution in [0.5, 0.6) is 0 Å². The van der Waals surface area contributed by atoms with Crippen molar-refractivity contribution in [2.45, 2.75) is 58.3 Å². The van der Waals surface area contributed by atoms with Gasteiger partial charge in [-0.1, -0.05) is 63.1 Å². The molecule has 3 heteroatoms. The van der Waals surface area contributed by atoms with Crippen LogP contribution in [-0.4, -0.2) is 4.98 Å². The molecule has 0 spiro atoms. The quantitative estimate of drug-likeness (QED) is 0.252. The lowest BCUT2D eigenvalue weighted by Gasteiger charge is -2.13. The standard InChI is InChI=1S/C32H33N2O/c1-20(2)28-18-17-27-26-16-11-21(3)29(31(26)35-32(27)33-28)30-25(10-7-19-34(30)4)24-14-12-23(13-15-24)22-8-5-6-9-22/h7,10-20,22H,5-6,8-9H2,1-4H3/q+1/i20D. The second kappa shape index (κ2) is 8.64. The van der Waals surface area contributed by atoms with Crippen molar-refractivity contribution in [3.05, 3.63) is 83.7 Å². The molecule has 1 fully saturated rings. The third-order valence-corrected chi connectivity index (χ3v) is 7.69. The number of rotatable bonds is 4. The SMILES string of the molecule is [2H]C(C)(C)c1ccc2c(n1)oc1c(-c3c(-c4ccc(C5CCCC5)cc4)ccc[n+]3C)c(C)ccc12. The predicted molar refractivity (Wildman–Crippen MR) is 144 cm³/mol. The number of benzene rings is 2. The van der Waals surface area contributed by atoms with Crippen LogP contribution in [0.1, 0.15) is 69.5 Å². The molecule has 6 rings (SSSR count). The maximum Gasteiger partial charge on any atom is 0.227 e. The molecule has 0 saturated heterocycles. The zero-order chi connectivity index (χ0) is 25.0. The van der Waals surface area contributed by atoms with Crippen LogP contribution in [0.2, 0.25) is 0 Å². The molecule has 0 amide bonds. The first-order valence-electron chi connectivity index (χ1n) is 13.2. The van der Waals surface area contributed by atoms with Crippen molar-refractivity contribution >= 4 is 22.1 Å². The molecule has 3 nitrogen and oxygen atoms in total. The van der Waals surface area contributed by atoms with E-state index in [-0.39, 0.29) is 0 Å². The van der Waals surface area contributed by atoms with Gasteiger partial charge in [-0.25, -0.2) is 9.55 Å². The van der Waals surface area contributed by atoms with Gasteiger partial charge in [-0.15, -0.1) is 0 Å². The summed E-state index contributed by atoms with van der Waals surface area (Å²) in [4.78, 5) is 4.74. The minimum absolute atomic E-state index is 0.593. The van der Waals surface area contributed by atoms with E-state index in [1.54, 1.807) is 0 Å². The Bertz CT molecular complexity index is 1590. The van der Waals surface area contributed by atoms with Crippen LogP contribution < -0.4 is 4.57 Å². The van der Waals surface area contributed by atoms with E-state index in [0.717, 1.165) is 33.2 Å². The summed E-state index contributed by atoms with van der Waals surface area (Å²) in [6.07, 6.45) is 7.42. The van der Waals surface area contributed by atoms with E-state index < -0.39 is 5.89 Å². The van der Waals surface area contributed by atoms with E-state index in [1.165, 1.54) is 42.4 Å². The molecule has 1 saturated carbocycles. The van der Waals surface area contributed by atoms with Crippen LogP contribution in [0.25, 0.3) is 44.5 Å². The fourth-order valence-electron chi connectivity index (χ4n) is 5.74. The van der Waals surface area contributed by atoms with Crippen molar-refractivity contribution in [3.63, 3.8) is 0 Å². The van der Waals surface area contributed by atoms with Crippen molar-refractivity contribution in [2.75, 3.05) is 0 Å². The van der Waals surface area contributed by atoms with E-state index in [0.29, 0.717) is 17.3 Å². The minimum atomic E-state index is -0.782. The van der Waals surface area contributed by atoms with E-state index in [2.05, 4.69) is 73.3 Å². The van der Waals surface area contributed by atoms with Crippen LogP contribution >= 0.6 is 0 Å². The number of fused-ring (bicyclic) bond motifs is 3. The highest BCUT2D eigenvalue weighted by atomic mass is 16.3. The normalized spacial score (nSPS) is 15.3. The summed E-state index contributed by atoms with van der Waals surface area (Å²) in [5.74, 6) is -0.0710. The zero-order valence-electron chi connectivity index (χ0n) is 22.1. The molecule has 176 valence electrons. The molecule has 1 aliphatic rings. The Morgan fingerprint density at radius 1 is 0.971 bits per heavy atom. The van der Waals surface area contributed by atoms with Gasteiger partial charge >= 0.3 is 0 Å². The third kappa shape index (κ3) is 3.74. The molecule has 3 aromatic heterocycles. The maximum atomic E-state index is 8.41. The molecular formula is C32H33N2O+. The monoisotopic (exact) mass is 462 g/mol. The van der Waals surface area contributed by atoms with Crippen molar-refractivity contribution in [1.82, 2.24) is 4.98 Å². The Morgan fingerprint density at radius 3 is 2.46 bits per heavy atom. The number of aryl methyl sites for hydroxylation is 2. The molecule has 1 aliphatic carbocycles. The van der Waals surface area contributed by atoms with Gasteiger partial charge in [0.1, 0.15) is 7.05 Å². The van der Waals surface area contributed by atoms with E-state index in [1.807, 2.05) is 26.0 Å². The van der Waals surface area contributed by atoms with Crippen molar-refractivity contribution < 1.29 is 10.4 Å². The fourth-order valence-corrected chi connectivity index (χ4v) is 5.74. The Morgan fingerprint density at radius 2 is 1.71 bits per heavy atom. The molecular weight excluding hydrogens is 428 g/mol. The largest absolute Gasteiger partial charge is 0.437 e. The van der Waals surface area contributed by atoms with Crippen LogP contribution in [0.3, 0.4) is 0 Å². The molecule has 2 aromatic carbocycles. The Labute approximate surface area is 208 Å². The van der Waals surface area contributed by atoms with Crippen LogP contribution in [0.4, 0.5) is 0 Å². The van der Waals surface area contributed by atoms with Gasteiger partial charge in [0, 0.05) is 23.9 Å². The van der Waals surface area contributed by atoms with E-state index in [9.17, 15) is 0 Å². The third-order valence-electron chi connectivity index (χ3n) is 7.69. The van der Waals surface area contributed by atoms with Crippen molar-refractivity contribution in [1.29, 1.82) is 0 Å². The number of hydrogen-bond donors (Lipinski definition) is 0. The fraction of sp³-hybridized carbons (Fsp3) is 0.312. The van der Waals surface area contributed by atoms with Gasteiger partial charge in [0.05, 0.1) is 11.1 Å². The number of nitrogens with zero attached hydrogens (tertiary/aromatic N) is 2. The second-order valence-corrected chi connectivity index (χ2v) is 10.3. The smallest absolute Gasteiger partial charge is 0.227 e. The van der Waals surface area contributed by atoms with Crippen LogP contribution in [-0.2, 0) is 7.05 Å². The first-order valence-corrected chi connectivity index (χ1v) is 12.7. The highest BCUT2D eigenvalue weighted by molar-refractivity contribution is 6.09. The number of furan rings is 1. The van der Waals surface area contributed by atoms with Crippen molar-refractivity contribution in [3.8, 4) is 22.4 Å². The lowest BCUT2D eigenvalue weighted by atomic mass is 9.92. The van der Waals surface area contributed by atoms with E-state index in [4.69, 9.17) is 10.8 Å². The van der Waals surface area contributed by atoms with Crippen LogP contribution in [0, 0.1) is 6.92 Å². The molecule has 0 atom stereocenters. The Balaban J connectivity index is 1.55. The lowest BCUT2D eigenvalue weighted by molar-refractivity contribution is -0.659. The van der Waals surface area contributed by atoms with E-state index >= 15 is 0 Å². The minimum Gasteiger partial charge on any atom is -0.437 e. The molecule has 0 bridgehead atoms. The molecule has 0 N–H and O–H groups in total. The van der Waals surface area contributed by atoms with Crippen molar-refractivity contribution in [2.24, 2.45) is 7.05 Å². The predicted octanol–water partition coefficient (Wildman–Crippen LogP) is 8.23. The number of pyridine rings is 2.